The molecule has 0 aromatic heterocycles. The van der Waals surface area contributed by atoms with Gasteiger partial charge in [-0.2, -0.15) is 0 Å². The molecule has 19 heavy (non-hydrogen) atoms. The zero-order valence-corrected chi connectivity index (χ0v) is 13.1. The first kappa shape index (κ1) is 14.5. The van der Waals surface area contributed by atoms with Crippen molar-refractivity contribution < 1.29 is 42.5 Å². The molecular weight excluding hydrogens is 271 g/mol. The van der Waals surface area contributed by atoms with E-state index in [4.69, 9.17) is 0 Å². The fourth-order valence-electron chi connectivity index (χ4n) is 2.15. The average molecular weight is 280 g/mol. The third kappa shape index (κ3) is 2.68. The third-order valence-electron chi connectivity index (χ3n) is 3.00. The van der Waals surface area contributed by atoms with Gasteiger partial charge in [0.1, 0.15) is 10.1 Å². The predicted octanol–water partition coefficient (Wildman–Crippen LogP) is -0.147. The fourth-order valence-corrected chi connectivity index (χ4v) is 2.65. The number of hydrogen-bond donors (Lipinski definition) is 0. The Hall–Kier alpha value is -0.910. The van der Waals surface area contributed by atoms with Crippen LogP contribution in [0.4, 0.5) is 0 Å². The van der Waals surface area contributed by atoms with Crippen molar-refractivity contribution in [1.82, 2.24) is 0 Å². The Morgan fingerprint density at radius 3 is 2.26 bits per heavy atom. The maximum atomic E-state index is 11.1. The molecule has 0 aliphatic heterocycles. The smallest absolute Gasteiger partial charge is 0.744 e. The number of benzene rings is 1. The van der Waals surface area contributed by atoms with Crippen molar-refractivity contribution in [3.63, 3.8) is 0 Å². The molecule has 0 bridgehead atoms. The topological polar surface area (TPSA) is 57.2 Å². The van der Waals surface area contributed by atoms with E-state index in [2.05, 4.69) is 0 Å². The zero-order valence-electron chi connectivity index (χ0n) is 10.3. The van der Waals surface area contributed by atoms with Gasteiger partial charge in [-0.05, 0) is 34.0 Å². The maximum absolute atomic E-state index is 11.1. The van der Waals surface area contributed by atoms with E-state index < -0.39 is 10.1 Å². The summed E-state index contributed by atoms with van der Waals surface area (Å²) in [5.41, 5.74) is 1.96. The molecule has 1 aromatic rings. The van der Waals surface area contributed by atoms with Crippen LogP contribution in [0.1, 0.15) is 0 Å². The van der Waals surface area contributed by atoms with Gasteiger partial charge in [0.15, 0.2) is 0 Å². The van der Waals surface area contributed by atoms with Crippen LogP contribution in [0.15, 0.2) is 59.5 Å². The standard InChI is InChI=1S/C14H10O3S.Na/c15-18(16,17)12-8-7-11-4-1-3-10-5-2-6-13(10)14(11)9-12;/h1-9H,(H,15,16,17);/q;+1/p-1. The summed E-state index contributed by atoms with van der Waals surface area (Å²) >= 11 is 0. The van der Waals surface area contributed by atoms with E-state index >= 15 is 0 Å². The number of hydrogen-bond acceptors (Lipinski definition) is 3. The van der Waals surface area contributed by atoms with Crippen LogP contribution < -0.4 is 29.6 Å². The van der Waals surface area contributed by atoms with E-state index in [1.807, 2.05) is 36.4 Å². The number of fused-ring (bicyclic) bond motifs is 3. The molecule has 0 saturated carbocycles. The van der Waals surface area contributed by atoms with Gasteiger partial charge in [-0.25, -0.2) is 8.42 Å². The Morgan fingerprint density at radius 1 is 0.895 bits per heavy atom. The molecule has 0 spiro atoms. The third-order valence-corrected chi connectivity index (χ3v) is 3.84. The summed E-state index contributed by atoms with van der Waals surface area (Å²) in [5.74, 6) is 0. The Morgan fingerprint density at radius 2 is 1.58 bits per heavy atom. The summed E-state index contributed by atoms with van der Waals surface area (Å²) in [5, 5.41) is 1.68. The van der Waals surface area contributed by atoms with Crippen LogP contribution in [-0.4, -0.2) is 13.0 Å². The van der Waals surface area contributed by atoms with Gasteiger partial charge in [0, 0.05) is 0 Å². The zero-order chi connectivity index (χ0) is 12.8. The van der Waals surface area contributed by atoms with E-state index in [1.165, 1.54) is 12.1 Å². The molecule has 0 saturated heterocycles. The van der Waals surface area contributed by atoms with Gasteiger partial charge in [0.25, 0.3) is 0 Å². The SMILES string of the molecule is O=S(=O)([O-])c1ccc2cccc3cccc-3c2c1.[Na+]. The summed E-state index contributed by atoms with van der Waals surface area (Å²) in [6.45, 7) is 0. The Balaban J connectivity index is 0.00000133. The van der Waals surface area contributed by atoms with Crippen LogP contribution in [0.3, 0.4) is 0 Å². The minimum atomic E-state index is -4.42. The van der Waals surface area contributed by atoms with Gasteiger partial charge in [0.2, 0.25) is 0 Å². The molecule has 0 radical (unpaired) electrons. The van der Waals surface area contributed by atoms with Crippen molar-refractivity contribution in [3.8, 4) is 11.1 Å². The van der Waals surface area contributed by atoms with Crippen molar-refractivity contribution >= 4 is 20.9 Å². The summed E-state index contributed by atoms with van der Waals surface area (Å²) in [6, 6.07) is 16.0. The largest absolute Gasteiger partial charge is 1.00 e. The molecule has 5 heteroatoms. The van der Waals surface area contributed by atoms with Gasteiger partial charge in [-0.1, -0.05) is 42.5 Å². The first-order valence-electron chi connectivity index (χ1n) is 5.43. The van der Waals surface area contributed by atoms with E-state index in [9.17, 15) is 13.0 Å². The molecule has 2 aliphatic carbocycles. The van der Waals surface area contributed by atoms with Gasteiger partial charge in [-0.3, -0.25) is 0 Å². The predicted molar refractivity (Wildman–Crippen MR) is 68.5 cm³/mol. The maximum Gasteiger partial charge on any atom is 1.00 e. The first-order chi connectivity index (χ1) is 8.55. The summed E-state index contributed by atoms with van der Waals surface area (Å²) < 4.78 is 33.2. The second-order valence-electron chi connectivity index (χ2n) is 4.12. The van der Waals surface area contributed by atoms with Crippen LogP contribution in [0, 0.1) is 0 Å². The molecule has 2 aliphatic rings. The van der Waals surface area contributed by atoms with E-state index in [-0.39, 0.29) is 34.5 Å². The fraction of sp³-hybridized carbons (Fsp3) is 0. The molecule has 0 heterocycles. The monoisotopic (exact) mass is 280 g/mol. The van der Waals surface area contributed by atoms with Crippen molar-refractivity contribution in [3.05, 3.63) is 54.6 Å². The summed E-state index contributed by atoms with van der Waals surface area (Å²) in [4.78, 5) is -0.191. The second kappa shape index (κ2) is 5.23. The quantitative estimate of drug-likeness (QED) is 0.460. The van der Waals surface area contributed by atoms with Gasteiger partial charge in [-0.15, -0.1) is 0 Å². The molecule has 3 rings (SSSR count). The first-order valence-corrected chi connectivity index (χ1v) is 6.84. The molecule has 1 aromatic carbocycles. The van der Waals surface area contributed by atoms with Gasteiger partial charge >= 0.3 is 29.6 Å². The Bertz CT molecular complexity index is 812. The molecule has 0 fully saturated rings. The number of rotatable bonds is 1. The van der Waals surface area contributed by atoms with E-state index in [0.717, 1.165) is 21.9 Å². The van der Waals surface area contributed by atoms with Crippen LogP contribution in [0.2, 0.25) is 0 Å². The van der Waals surface area contributed by atoms with Crippen LogP contribution >= 0.6 is 0 Å². The van der Waals surface area contributed by atoms with Crippen molar-refractivity contribution in [2.24, 2.45) is 0 Å². The summed E-state index contributed by atoms with van der Waals surface area (Å²) in [6.07, 6.45) is 0. The van der Waals surface area contributed by atoms with Gasteiger partial charge < -0.3 is 4.55 Å². The van der Waals surface area contributed by atoms with Crippen molar-refractivity contribution in [1.29, 1.82) is 0 Å². The minimum Gasteiger partial charge on any atom is -0.744 e. The van der Waals surface area contributed by atoms with Crippen LogP contribution in [-0.2, 0) is 10.1 Å². The van der Waals surface area contributed by atoms with E-state index in [0.29, 0.717) is 0 Å². The molecule has 90 valence electrons. The summed E-state index contributed by atoms with van der Waals surface area (Å²) in [7, 11) is -4.42. The molecule has 0 N–H and O–H groups in total. The Labute approximate surface area is 133 Å². The van der Waals surface area contributed by atoms with Crippen LogP contribution in [0.5, 0.6) is 0 Å². The van der Waals surface area contributed by atoms with Gasteiger partial charge in [0.05, 0.1) is 4.90 Å². The van der Waals surface area contributed by atoms with E-state index in [1.54, 1.807) is 6.07 Å². The Kier molecular flexibility index (Phi) is 3.99. The molecule has 0 atom stereocenters. The van der Waals surface area contributed by atoms with Crippen LogP contribution in [0.25, 0.3) is 21.9 Å². The molecule has 0 amide bonds. The normalized spacial score (nSPS) is 11.4. The second-order valence-corrected chi connectivity index (χ2v) is 5.50. The molecule has 0 unspecified atom stereocenters. The van der Waals surface area contributed by atoms with Crippen molar-refractivity contribution in [2.45, 2.75) is 4.90 Å². The minimum absolute atomic E-state index is 0. The van der Waals surface area contributed by atoms with Crippen molar-refractivity contribution in [2.75, 3.05) is 0 Å². The molecule has 3 nitrogen and oxygen atoms in total. The molecular formula is C14H9NaO3S. The average Bonchev–Trinajstić information content (AvgIpc) is 2.70.